The number of allylic oxidation sites excluding steroid dienone is 1. The molecular formula is C32H29Cl4SiZr. The van der Waals surface area contributed by atoms with Crippen LogP contribution in [0.4, 0.5) is 0 Å². The van der Waals surface area contributed by atoms with Gasteiger partial charge >= 0.3 is 247 Å². The molecule has 193 valence electrons. The summed E-state index contributed by atoms with van der Waals surface area (Å²) in [6.45, 7) is 6.96. The Hall–Kier alpha value is -1.12. The van der Waals surface area contributed by atoms with Gasteiger partial charge in [-0.25, -0.2) is 0 Å². The first kappa shape index (κ1) is 27.1. The van der Waals surface area contributed by atoms with Crippen molar-refractivity contribution in [2.24, 2.45) is 0 Å². The Morgan fingerprint density at radius 3 is 2.13 bits per heavy atom. The van der Waals surface area contributed by atoms with E-state index in [2.05, 4.69) is 86.8 Å². The normalized spacial score (nSPS) is 17.0. The second kappa shape index (κ2) is 9.76. The molecule has 6 heteroatoms. The molecule has 0 aromatic heterocycles. The van der Waals surface area contributed by atoms with Crippen molar-refractivity contribution < 1.29 is 15.6 Å². The van der Waals surface area contributed by atoms with E-state index in [9.17, 15) is 0 Å². The first-order valence-corrected chi connectivity index (χ1v) is 30.1. The molecule has 0 saturated heterocycles. The molecule has 4 aromatic carbocycles. The fourth-order valence-electron chi connectivity index (χ4n) is 6.77. The Bertz CT molecular complexity index is 1620. The summed E-state index contributed by atoms with van der Waals surface area (Å²) >= 11 is 8.67. The first-order chi connectivity index (χ1) is 18.2. The fourth-order valence-corrected chi connectivity index (χ4v) is 35.4. The van der Waals surface area contributed by atoms with Crippen LogP contribution < -0.4 is 3.27 Å². The Kier molecular flexibility index (Phi) is 6.95. The summed E-state index contributed by atoms with van der Waals surface area (Å²) in [7, 11) is 16.6. The summed E-state index contributed by atoms with van der Waals surface area (Å²) in [5.74, 6) is -1.60. The van der Waals surface area contributed by atoms with Gasteiger partial charge in [-0.1, -0.05) is 0 Å². The minimum absolute atomic E-state index is 0.0304. The number of halogens is 4. The van der Waals surface area contributed by atoms with Crippen molar-refractivity contribution in [3.8, 4) is 22.3 Å². The second-order valence-corrected chi connectivity index (χ2v) is 53.1. The van der Waals surface area contributed by atoms with Crippen LogP contribution in [0.3, 0.4) is 0 Å². The van der Waals surface area contributed by atoms with Crippen LogP contribution in [-0.2, 0) is 22.0 Å². The monoisotopic (exact) mass is 671 g/mol. The van der Waals surface area contributed by atoms with E-state index in [0.717, 1.165) is 29.5 Å². The molecule has 0 saturated carbocycles. The van der Waals surface area contributed by atoms with Gasteiger partial charge in [0.15, 0.2) is 0 Å². The van der Waals surface area contributed by atoms with Crippen molar-refractivity contribution in [2.75, 3.05) is 0 Å². The van der Waals surface area contributed by atoms with Crippen LogP contribution in [-0.4, -0.2) is 5.92 Å². The number of rotatable bonds is 5. The van der Waals surface area contributed by atoms with Crippen LogP contribution in [0.15, 0.2) is 84.4 Å². The number of fused-ring (bicyclic) bond motifs is 4. The van der Waals surface area contributed by atoms with Gasteiger partial charge in [0.05, 0.1) is 0 Å². The molecule has 1 atom stereocenters. The average Bonchev–Trinajstić information content (AvgIpc) is 3.48. The average molecular weight is 675 g/mol. The second-order valence-electron chi connectivity index (χ2n) is 10.9. The molecule has 2 aliphatic rings. The van der Waals surface area contributed by atoms with E-state index >= 15 is 0 Å². The van der Waals surface area contributed by atoms with Gasteiger partial charge in [0.2, 0.25) is 0 Å². The molecule has 0 nitrogen and oxygen atoms in total. The van der Waals surface area contributed by atoms with Crippen LogP contribution in [0.2, 0.25) is 23.1 Å². The van der Waals surface area contributed by atoms with Gasteiger partial charge in [0.1, 0.15) is 0 Å². The fraction of sp³-hybridized carbons (Fsp3) is 0.188. The third-order valence-corrected chi connectivity index (χ3v) is 59.4. The zero-order valence-corrected chi connectivity index (χ0v) is 28.3. The van der Waals surface area contributed by atoms with E-state index in [4.69, 9.17) is 40.2 Å². The Balaban J connectivity index is 1.62. The molecule has 1 unspecified atom stereocenters. The quantitative estimate of drug-likeness (QED) is 0.163. The van der Waals surface area contributed by atoms with E-state index in [0.29, 0.717) is 10.0 Å². The summed E-state index contributed by atoms with van der Waals surface area (Å²) in [6, 6.07) is 27.6. The van der Waals surface area contributed by atoms with E-state index in [1.807, 2.05) is 18.2 Å². The van der Waals surface area contributed by atoms with Crippen LogP contribution in [0.5, 0.6) is 0 Å². The van der Waals surface area contributed by atoms with Crippen molar-refractivity contribution in [1.82, 2.24) is 0 Å². The minimum atomic E-state index is -4.74. The molecular weight excluding hydrogens is 645 g/mol. The molecule has 0 bridgehead atoms. The van der Waals surface area contributed by atoms with Crippen LogP contribution >= 0.6 is 40.2 Å². The molecule has 0 amide bonds. The Morgan fingerprint density at radius 2 is 1.42 bits per heavy atom. The predicted molar refractivity (Wildman–Crippen MR) is 168 cm³/mol. The van der Waals surface area contributed by atoms with E-state index in [1.54, 1.807) is 0 Å². The first-order valence-electron chi connectivity index (χ1n) is 13.2. The van der Waals surface area contributed by atoms with E-state index < -0.39 is 21.5 Å². The summed E-state index contributed by atoms with van der Waals surface area (Å²) in [5, 5.41) is 1.30. The third kappa shape index (κ3) is 3.86. The van der Waals surface area contributed by atoms with Gasteiger partial charge in [-0.05, 0) is 0 Å². The van der Waals surface area contributed by atoms with Crippen molar-refractivity contribution in [1.29, 1.82) is 0 Å². The van der Waals surface area contributed by atoms with Crippen LogP contribution in [0.1, 0.15) is 39.2 Å². The number of benzene rings is 4. The van der Waals surface area contributed by atoms with Gasteiger partial charge < -0.3 is 0 Å². The zero-order valence-electron chi connectivity index (χ0n) is 21.7. The van der Waals surface area contributed by atoms with Crippen LogP contribution in [0.25, 0.3) is 28.3 Å². The summed E-state index contributed by atoms with van der Waals surface area (Å²) in [6.07, 6.45) is 4.13. The van der Waals surface area contributed by atoms with Crippen molar-refractivity contribution in [3.05, 3.63) is 117 Å². The topological polar surface area (TPSA) is 0 Å². The third-order valence-electron chi connectivity index (χ3n) is 8.74. The van der Waals surface area contributed by atoms with Crippen molar-refractivity contribution in [3.63, 3.8) is 0 Å². The standard InChI is InChI=1S/C17H13Cl2.C13H9.C2H7Si.2ClH.Zr/c1-2-11-9-12-5-3-6-13(14(12)10-11)17-15(18)7-4-8-16(17)19;1-3-7-12-10(5-1)9-11-6-2-4-8-13(11)12;1-3-2;;;/h3-10H,2H2,1H3;1-5,7-8H,9H2;3H,1-2H3;2*1H;/q;;;;;+2/p-2. The number of hydrogen-bond donors (Lipinski definition) is 0. The predicted octanol–water partition coefficient (Wildman–Crippen LogP) is 10.4. The van der Waals surface area contributed by atoms with Gasteiger partial charge in [-0.2, -0.15) is 0 Å². The molecule has 4 aromatic rings. The number of hydrogen-bond acceptors (Lipinski definition) is 0. The summed E-state index contributed by atoms with van der Waals surface area (Å²) < 4.78 is 1.30. The van der Waals surface area contributed by atoms with Gasteiger partial charge in [0, 0.05) is 0 Å². The Labute approximate surface area is 244 Å². The van der Waals surface area contributed by atoms with Gasteiger partial charge in [0.25, 0.3) is 0 Å². The molecule has 6 rings (SSSR count). The van der Waals surface area contributed by atoms with Gasteiger partial charge in [-0.15, -0.1) is 0 Å². The van der Waals surface area contributed by atoms with E-state index in [1.165, 1.54) is 36.7 Å². The molecule has 0 heterocycles. The summed E-state index contributed by atoms with van der Waals surface area (Å²) in [5.41, 5.74) is 11.0. The molecule has 0 fully saturated rings. The molecule has 0 spiro atoms. The van der Waals surface area contributed by atoms with Crippen LogP contribution in [0, 0.1) is 0 Å². The molecule has 0 N–H and O–H groups in total. The molecule has 38 heavy (non-hydrogen) atoms. The Morgan fingerprint density at radius 1 is 0.789 bits per heavy atom. The zero-order chi connectivity index (χ0) is 26.8. The van der Waals surface area contributed by atoms with Crippen molar-refractivity contribution in [2.45, 2.75) is 36.5 Å². The maximum absolute atomic E-state index is 8.29. The maximum atomic E-state index is 8.29. The van der Waals surface area contributed by atoms with Crippen molar-refractivity contribution >= 4 is 55.5 Å². The van der Waals surface area contributed by atoms with E-state index in [-0.39, 0.29) is 3.63 Å². The molecule has 2 aliphatic carbocycles. The van der Waals surface area contributed by atoms with Gasteiger partial charge in [-0.3, -0.25) is 0 Å². The summed E-state index contributed by atoms with van der Waals surface area (Å²) in [4.78, 5) is 0. The molecule has 0 aliphatic heterocycles. The molecule has 0 radical (unpaired) electrons. The SMILES string of the molecule is CCC1=Cc2c(-c3c(Cl)cccc3Cl)cccc2[CH]1[Zr]([Cl])([Cl])([c]1cccc2c1Cc1ccccc1-2)[SiH](C)C.